The minimum Gasteiger partial charge on any atom is -0.506 e. The normalized spacial score (nSPS) is 9.31. The van der Waals surface area contributed by atoms with Gasteiger partial charge in [0.05, 0.1) is 0 Å². The first-order valence-electron chi connectivity index (χ1n) is 3.81. The maximum absolute atomic E-state index is 11.0. The standard InChI is InChI=1S/C10H9NO2/c1-6-3-4-8(7(2)12)9(5-11)10(6)13/h3-4,13H,1-2H3. The second-order valence-electron chi connectivity index (χ2n) is 2.82. The van der Waals surface area contributed by atoms with Crippen molar-refractivity contribution >= 4 is 5.78 Å². The van der Waals surface area contributed by atoms with Crippen LogP contribution in [0, 0.1) is 18.3 Å². The number of phenols is 1. The van der Waals surface area contributed by atoms with Gasteiger partial charge in [-0.3, -0.25) is 4.79 Å². The maximum Gasteiger partial charge on any atom is 0.161 e. The van der Waals surface area contributed by atoms with E-state index in [-0.39, 0.29) is 22.7 Å². The lowest BCUT2D eigenvalue weighted by molar-refractivity contribution is 0.101. The average molecular weight is 175 g/mol. The molecule has 0 spiro atoms. The molecular weight excluding hydrogens is 166 g/mol. The van der Waals surface area contributed by atoms with Gasteiger partial charge in [-0.25, -0.2) is 0 Å². The highest BCUT2D eigenvalue weighted by Crippen LogP contribution is 2.24. The zero-order valence-corrected chi connectivity index (χ0v) is 7.46. The average Bonchev–Trinajstić information content (AvgIpc) is 2.09. The van der Waals surface area contributed by atoms with Gasteiger partial charge in [0.1, 0.15) is 17.4 Å². The maximum atomic E-state index is 11.0. The second kappa shape index (κ2) is 3.28. The van der Waals surface area contributed by atoms with Crippen molar-refractivity contribution in [1.29, 1.82) is 5.26 Å². The van der Waals surface area contributed by atoms with Crippen LogP contribution in [0.1, 0.15) is 28.4 Å². The van der Waals surface area contributed by atoms with Crippen LogP contribution < -0.4 is 0 Å². The minimum absolute atomic E-state index is 0.0625. The molecule has 0 radical (unpaired) electrons. The Hall–Kier alpha value is -1.82. The van der Waals surface area contributed by atoms with Crippen molar-refractivity contribution in [2.45, 2.75) is 13.8 Å². The van der Waals surface area contributed by atoms with Crippen LogP contribution in [0.2, 0.25) is 0 Å². The highest BCUT2D eigenvalue weighted by molar-refractivity contribution is 5.97. The van der Waals surface area contributed by atoms with Crippen LogP contribution in [0.25, 0.3) is 0 Å². The Bertz CT molecular complexity index is 402. The van der Waals surface area contributed by atoms with Crippen molar-refractivity contribution in [3.05, 3.63) is 28.8 Å². The smallest absolute Gasteiger partial charge is 0.161 e. The quantitative estimate of drug-likeness (QED) is 0.661. The van der Waals surface area contributed by atoms with Gasteiger partial charge >= 0.3 is 0 Å². The Morgan fingerprint density at radius 1 is 1.54 bits per heavy atom. The third kappa shape index (κ3) is 1.52. The van der Waals surface area contributed by atoms with Crippen LogP contribution in [0.15, 0.2) is 12.1 Å². The van der Waals surface area contributed by atoms with Crippen LogP contribution in [0.4, 0.5) is 0 Å². The Kier molecular flexibility index (Phi) is 2.34. The molecule has 0 aliphatic carbocycles. The highest BCUT2D eigenvalue weighted by atomic mass is 16.3. The molecule has 0 unspecified atom stereocenters. The topological polar surface area (TPSA) is 61.1 Å². The van der Waals surface area contributed by atoms with E-state index in [9.17, 15) is 9.90 Å². The SMILES string of the molecule is CC(=O)c1ccc(C)c(O)c1C#N. The third-order valence-electron chi connectivity index (χ3n) is 1.87. The molecule has 1 aromatic rings. The zero-order chi connectivity index (χ0) is 10.0. The number of rotatable bonds is 1. The van der Waals surface area contributed by atoms with Crippen molar-refractivity contribution in [3.63, 3.8) is 0 Å². The first-order chi connectivity index (χ1) is 6.07. The summed E-state index contributed by atoms with van der Waals surface area (Å²) < 4.78 is 0. The molecule has 0 amide bonds. The number of phenolic OH excluding ortho intramolecular Hbond substituents is 1. The number of benzene rings is 1. The molecule has 0 aromatic heterocycles. The van der Waals surface area contributed by atoms with Gasteiger partial charge in [-0.15, -0.1) is 0 Å². The molecule has 0 aliphatic heterocycles. The summed E-state index contributed by atoms with van der Waals surface area (Å²) in [7, 11) is 0. The Morgan fingerprint density at radius 2 is 2.15 bits per heavy atom. The van der Waals surface area contributed by atoms with Crippen LogP contribution >= 0.6 is 0 Å². The van der Waals surface area contributed by atoms with Crippen LogP contribution in [0.5, 0.6) is 5.75 Å². The highest BCUT2D eigenvalue weighted by Gasteiger charge is 2.12. The van der Waals surface area contributed by atoms with E-state index in [1.54, 1.807) is 19.1 Å². The molecule has 1 N–H and O–H groups in total. The number of nitrogens with zero attached hydrogens (tertiary/aromatic N) is 1. The van der Waals surface area contributed by atoms with Gasteiger partial charge in [-0.05, 0) is 25.5 Å². The fourth-order valence-corrected chi connectivity index (χ4v) is 1.10. The Labute approximate surface area is 76.2 Å². The molecular formula is C10H9NO2. The van der Waals surface area contributed by atoms with E-state index in [1.165, 1.54) is 6.92 Å². The molecule has 0 saturated carbocycles. The van der Waals surface area contributed by atoms with Gasteiger partial charge in [0.25, 0.3) is 0 Å². The van der Waals surface area contributed by atoms with E-state index < -0.39 is 0 Å². The van der Waals surface area contributed by atoms with E-state index in [0.29, 0.717) is 5.56 Å². The molecule has 0 fully saturated rings. The number of nitriles is 1. The third-order valence-corrected chi connectivity index (χ3v) is 1.87. The molecule has 3 heteroatoms. The van der Waals surface area contributed by atoms with Crippen molar-refractivity contribution in [2.75, 3.05) is 0 Å². The monoisotopic (exact) mass is 175 g/mol. The van der Waals surface area contributed by atoms with Gasteiger partial charge in [0.15, 0.2) is 5.78 Å². The lowest BCUT2D eigenvalue weighted by Crippen LogP contribution is -1.97. The number of hydrogen-bond acceptors (Lipinski definition) is 3. The zero-order valence-electron chi connectivity index (χ0n) is 7.46. The largest absolute Gasteiger partial charge is 0.506 e. The van der Waals surface area contributed by atoms with E-state index in [1.807, 2.05) is 6.07 Å². The molecule has 0 saturated heterocycles. The Morgan fingerprint density at radius 3 is 2.62 bits per heavy atom. The number of ketones is 1. The molecule has 3 nitrogen and oxygen atoms in total. The number of carbonyl (C=O) groups is 1. The van der Waals surface area contributed by atoms with Gasteiger partial charge in [0, 0.05) is 5.56 Å². The Balaban J connectivity index is 3.50. The van der Waals surface area contributed by atoms with E-state index >= 15 is 0 Å². The summed E-state index contributed by atoms with van der Waals surface area (Å²) in [6.07, 6.45) is 0. The lowest BCUT2D eigenvalue weighted by Gasteiger charge is -2.04. The summed E-state index contributed by atoms with van der Waals surface area (Å²) in [5, 5.41) is 18.2. The molecule has 0 heterocycles. The molecule has 13 heavy (non-hydrogen) atoms. The molecule has 1 rings (SSSR count). The minimum atomic E-state index is -0.216. The molecule has 0 atom stereocenters. The summed E-state index contributed by atoms with van der Waals surface area (Å²) in [4.78, 5) is 11.0. The van der Waals surface area contributed by atoms with Crippen molar-refractivity contribution in [3.8, 4) is 11.8 Å². The van der Waals surface area contributed by atoms with Crippen molar-refractivity contribution in [2.24, 2.45) is 0 Å². The first-order valence-corrected chi connectivity index (χ1v) is 3.81. The summed E-state index contributed by atoms with van der Waals surface area (Å²) in [5.74, 6) is -0.318. The number of hydrogen-bond donors (Lipinski definition) is 1. The fourth-order valence-electron chi connectivity index (χ4n) is 1.10. The molecule has 66 valence electrons. The lowest BCUT2D eigenvalue weighted by atomic mass is 10.0. The molecule has 0 bridgehead atoms. The van der Waals surface area contributed by atoms with E-state index in [2.05, 4.69) is 0 Å². The second-order valence-corrected chi connectivity index (χ2v) is 2.82. The van der Waals surface area contributed by atoms with E-state index in [4.69, 9.17) is 5.26 Å². The summed E-state index contributed by atoms with van der Waals surface area (Å²) >= 11 is 0. The summed E-state index contributed by atoms with van der Waals surface area (Å²) in [6.45, 7) is 3.05. The van der Waals surface area contributed by atoms with Crippen molar-refractivity contribution < 1.29 is 9.90 Å². The predicted octanol–water partition coefficient (Wildman–Crippen LogP) is 1.77. The van der Waals surface area contributed by atoms with Crippen LogP contribution in [0.3, 0.4) is 0 Å². The van der Waals surface area contributed by atoms with Gasteiger partial charge in [0.2, 0.25) is 0 Å². The van der Waals surface area contributed by atoms with Gasteiger partial charge in [-0.2, -0.15) is 5.26 Å². The summed E-state index contributed by atoms with van der Waals surface area (Å²) in [6, 6.07) is 4.98. The van der Waals surface area contributed by atoms with Crippen molar-refractivity contribution in [1.82, 2.24) is 0 Å². The van der Waals surface area contributed by atoms with E-state index in [0.717, 1.165) is 0 Å². The van der Waals surface area contributed by atoms with Crippen LogP contribution in [-0.2, 0) is 0 Å². The summed E-state index contributed by atoms with van der Waals surface area (Å²) in [5.41, 5.74) is 0.930. The number of aromatic hydroxyl groups is 1. The molecule has 1 aromatic carbocycles. The van der Waals surface area contributed by atoms with Gasteiger partial charge in [-0.1, -0.05) is 6.07 Å². The van der Waals surface area contributed by atoms with Crippen LogP contribution in [-0.4, -0.2) is 10.9 Å². The number of aryl methyl sites for hydroxylation is 1. The number of carbonyl (C=O) groups excluding carboxylic acids is 1. The predicted molar refractivity (Wildman–Crippen MR) is 47.6 cm³/mol. The first kappa shape index (κ1) is 9.27. The number of Topliss-reactive ketones (excluding diaryl/α,β-unsaturated/α-hetero) is 1. The molecule has 0 aliphatic rings. The van der Waals surface area contributed by atoms with Gasteiger partial charge < -0.3 is 5.11 Å². The fraction of sp³-hybridized carbons (Fsp3) is 0.200.